The minimum Gasteiger partial charge on any atom is -0.438 e. The summed E-state index contributed by atoms with van der Waals surface area (Å²) in [5, 5.41) is 3.99. The van der Waals surface area contributed by atoms with E-state index in [9.17, 15) is 0 Å². The molecule has 0 spiro atoms. The first kappa shape index (κ1) is 14.4. The van der Waals surface area contributed by atoms with Gasteiger partial charge in [-0.3, -0.25) is 0 Å². The van der Waals surface area contributed by atoms with Crippen LogP contribution in [0.5, 0.6) is 11.6 Å². The first-order chi connectivity index (χ1) is 10.1. The molecule has 3 rings (SSSR count). The molecule has 0 aliphatic heterocycles. The third-order valence-electron chi connectivity index (χ3n) is 3.45. The van der Waals surface area contributed by atoms with E-state index in [1.54, 1.807) is 0 Å². The molecule has 1 heterocycles. The van der Waals surface area contributed by atoms with Crippen LogP contribution in [0, 0.1) is 13.8 Å². The summed E-state index contributed by atoms with van der Waals surface area (Å²) in [4.78, 5) is 4.34. The predicted molar refractivity (Wildman–Crippen MR) is 85.1 cm³/mol. The fourth-order valence-electron chi connectivity index (χ4n) is 2.29. The summed E-state index contributed by atoms with van der Waals surface area (Å²) in [6.07, 6.45) is 4.36. The van der Waals surface area contributed by atoms with Crippen LogP contribution in [0.15, 0.2) is 30.5 Å². The van der Waals surface area contributed by atoms with Crippen molar-refractivity contribution in [3.63, 3.8) is 0 Å². The molecule has 0 amide bonds. The summed E-state index contributed by atoms with van der Waals surface area (Å²) in [7, 11) is 0. The molecule has 3 nitrogen and oxygen atoms in total. The van der Waals surface area contributed by atoms with Crippen LogP contribution >= 0.6 is 11.6 Å². The van der Waals surface area contributed by atoms with Crippen molar-refractivity contribution in [3.05, 3.63) is 52.2 Å². The van der Waals surface area contributed by atoms with Gasteiger partial charge in [0.1, 0.15) is 10.8 Å². The molecule has 1 N–H and O–H groups in total. The van der Waals surface area contributed by atoms with Gasteiger partial charge >= 0.3 is 0 Å². The van der Waals surface area contributed by atoms with Gasteiger partial charge in [0.2, 0.25) is 5.88 Å². The molecule has 110 valence electrons. The fraction of sp³-hybridized carbons (Fsp3) is 0.353. The van der Waals surface area contributed by atoms with Crippen LogP contribution in [-0.2, 0) is 6.54 Å². The number of pyridine rings is 1. The lowest BCUT2D eigenvalue weighted by molar-refractivity contribution is 0.462. The number of nitrogens with one attached hydrogen (secondary N) is 1. The van der Waals surface area contributed by atoms with Crippen LogP contribution < -0.4 is 10.1 Å². The molecule has 1 aromatic carbocycles. The van der Waals surface area contributed by atoms with Gasteiger partial charge in [-0.15, -0.1) is 0 Å². The van der Waals surface area contributed by atoms with Gasteiger partial charge in [-0.1, -0.05) is 17.7 Å². The maximum atomic E-state index is 6.27. The van der Waals surface area contributed by atoms with Crippen LogP contribution in [0.3, 0.4) is 0 Å². The Morgan fingerprint density at radius 1 is 1.19 bits per heavy atom. The lowest BCUT2D eigenvalue weighted by Gasteiger charge is -2.10. The predicted octanol–water partition coefficient (Wildman–Crippen LogP) is 4.40. The van der Waals surface area contributed by atoms with Gasteiger partial charge in [0.15, 0.2) is 0 Å². The Morgan fingerprint density at radius 3 is 2.52 bits per heavy atom. The summed E-state index contributed by atoms with van der Waals surface area (Å²) in [5.41, 5.74) is 3.40. The van der Waals surface area contributed by atoms with E-state index in [1.807, 2.05) is 38.2 Å². The molecule has 1 aliphatic rings. The highest BCUT2D eigenvalue weighted by molar-refractivity contribution is 6.31. The second-order valence-electron chi connectivity index (χ2n) is 5.71. The molecule has 1 aromatic heterocycles. The summed E-state index contributed by atoms with van der Waals surface area (Å²) in [6, 6.07) is 8.66. The second kappa shape index (κ2) is 6.04. The Morgan fingerprint density at radius 2 is 1.90 bits per heavy atom. The SMILES string of the molecule is Cc1cc(C)cc(Oc2ncc(CNC3CC3)cc2Cl)c1. The van der Waals surface area contributed by atoms with Crippen molar-refractivity contribution < 1.29 is 4.74 Å². The number of aryl methyl sites for hydroxylation is 2. The van der Waals surface area contributed by atoms with Crippen molar-refractivity contribution >= 4 is 11.6 Å². The topological polar surface area (TPSA) is 34.1 Å². The summed E-state index contributed by atoms with van der Waals surface area (Å²) in [6.45, 7) is 4.89. The molecular weight excluding hydrogens is 284 g/mol. The van der Waals surface area contributed by atoms with E-state index in [4.69, 9.17) is 16.3 Å². The lowest BCUT2D eigenvalue weighted by atomic mass is 10.1. The lowest BCUT2D eigenvalue weighted by Crippen LogP contribution is -2.15. The molecule has 2 aromatic rings. The van der Waals surface area contributed by atoms with E-state index in [2.05, 4.69) is 16.4 Å². The average molecular weight is 303 g/mol. The number of nitrogens with zero attached hydrogens (tertiary/aromatic N) is 1. The van der Waals surface area contributed by atoms with E-state index >= 15 is 0 Å². The number of halogens is 1. The van der Waals surface area contributed by atoms with Crippen LogP contribution in [0.2, 0.25) is 5.02 Å². The van der Waals surface area contributed by atoms with Gasteiger partial charge in [-0.25, -0.2) is 4.98 Å². The number of benzene rings is 1. The molecule has 1 fully saturated rings. The van der Waals surface area contributed by atoms with Crippen molar-refractivity contribution in [2.45, 2.75) is 39.3 Å². The molecule has 1 saturated carbocycles. The van der Waals surface area contributed by atoms with Gasteiger partial charge in [0, 0.05) is 18.8 Å². The fourth-order valence-corrected chi connectivity index (χ4v) is 2.52. The quantitative estimate of drug-likeness (QED) is 0.889. The van der Waals surface area contributed by atoms with E-state index in [0.29, 0.717) is 16.9 Å². The van der Waals surface area contributed by atoms with Crippen molar-refractivity contribution in [1.82, 2.24) is 10.3 Å². The Hall–Kier alpha value is -1.58. The van der Waals surface area contributed by atoms with Crippen molar-refractivity contribution in [2.75, 3.05) is 0 Å². The maximum Gasteiger partial charge on any atom is 0.238 e. The number of ether oxygens (including phenoxy) is 1. The largest absolute Gasteiger partial charge is 0.438 e. The molecule has 1 aliphatic carbocycles. The standard InChI is InChI=1S/C17H19ClN2O/c1-11-5-12(2)7-15(6-11)21-17-16(18)8-13(10-20-17)9-19-14-3-4-14/h5-8,10,14,19H,3-4,9H2,1-2H3. The van der Waals surface area contributed by atoms with E-state index in [-0.39, 0.29) is 0 Å². The Labute approximate surface area is 130 Å². The molecule has 0 bridgehead atoms. The number of aromatic nitrogens is 1. The minimum atomic E-state index is 0.455. The maximum absolute atomic E-state index is 6.27. The Balaban J connectivity index is 1.72. The van der Waals surface area contributed by atoms with Crippen LogP contribution in [0.4, 0.5) is 0 Å². The van der Waals surface area contributed by atoms with Crippen LogP contribution in [0.25, 0.3) is 0 Å². The van der Waals surface area contributed by atoms with Gasteiger partial charge in [0.25, 0.3) is 0 Å². The number of hydrogen-bond donors (Lipinski definition) is 1. The van der Waals surface area contributed by atoms with E-state index < -0.39 is 0 Å². The normalized spacial score (nSPS) is 14.2. The first-order valence-electron chi connectivity index (χ1n) is 7.24. The van der Waals surface area contributed by atoms with Crippen molar-refractivity contribution in [3.8, 4) is 11.6 Å². The second-order valence-corrected chi connectivity index (χ2v) is 6.12. The van der Waals surface area contributed by atoms with Gasteiger partial charge in [-0.05, 0) is 61.6 Å². The molecule has 0 saturated heterocycles. The monoisotopic (exact) mass is 302 g/mol. The molecular formula is C17H19ClN2O. The van der Waals surface area contributed by atoms with Crippen molar-refractivity contribution in [1.29, 1.82) is 0 Å². The highest BCUT2D eigenvalue weighted by Crippen LogP contribution is 2.29. The zero-order valence-corrected chi connectivity index (χ0v) is 13.1. The van der Waals surface area contributed by atoms with E-state index in [1.165, 1.54) is 12.8 Å². The third-order valence-corrected chi connectivity index (χ3v) is 3.72. The molecule has 21 heavy (non-hydrogen) atoms. The Bertz CT molecular complexity index is 633. The Kier molecular flexibility index (Phi) is 4.13. The molecule has 0 unspecified atom stereocenters. The smallest absolute Gasteiger partial charge is 0.238 e. The molecule has 0 atom stereocenters. The third kappa shape index (κ3) is 3.96. The van der Waals surface area contributed by atoms with Gasteiger partial charge in [0.05, 0.1) is 0 Å². The summed E-state index contributed by atoms with van der Waals surface area (Å²) >= 11 is 6.27. The number of rotatable bonds is 5. The van der Waals surface area contributed by atoms with Crippen molar-refractivity contribution in [2.24, 2.45) is 0 Å². The summed E-state index contributed by atoms with van der Waals surface area (Å²) in [5.74, 6) is 1.22. The highest BCUT2D eigenvalue weighted by atomic mass is 35.5. The van der Waals surface area contributed by atoms with Gasteiger partial charge < -0.3 is 10.1 Å². The minimum absolute atomic E-state index is 0.455. The average Bonchev–Trinajstić information content (AvgIpc) is 3.22. The van der Waals surface area contributed by atoms with Crippen LogP contribution in [-0.4, -0.2) is 11.0 Å². The molecule has 0 radical (unpaired) electrons. The number of hydrogen-bond acceptors (Lipinski definition) is 3. The molecule has 4 heteroatoms. The first-order valence-corrected chi connectivity index (χ1v) is 7.62. The highest BCUT2D eigenvalue weighted by Gasteiger charge is 2.20. The zero-order valence-electron chi connectivity index (χ0n) is 12.3. The zero-order chi connectivity index (χ0) is 14.8. The summed E-state index contributed by atoms with van der Waals surface area (Å²) < 4.78 is 5.80. The van der Waals surface area contributed by atoms with Gasteiger partial charge in [-0.2, -0.15) is 0 Å². The van der Waals surface area contributed by atoms with E-state index in [0.717, 1.165) is 29.0 Å². The van der Waals surface area contributed by atoms with Crippen LogP contribution in [0.1, 0.15) is 29.5 Å².